The number of nitrogens with zero attached hydrogens (tertiary/aromatic N) is 3. The molecule has 2 heterocycles. The molecule has 114 valence electrons. The van der Waals surface area contributed by atoms with Crippen LogP contribution in [0.2, 0.25) is 0 Å². The smallest absolute Gasteiger partial charge is 0.128 e. The van der Waals surface area contributed by atoms with Crippen molar-refractivity contribution < 1.29 is 0 Å². The van der Waals surface area contributed by atoms with Crippen molar-refractivity contribution in [3.05, 3.63) is 40.0 Å². The minimum Gasteiger partial charge on any atom is -0.354 e. The van der Waals surface area contributed by atoms with Gasteiger partial charge < -0.3 is 10.2 Å². The van der Waals surface area contributed by atoms with E-state index in [0.717, 1.165) is 24.6 Å². The summed E-state index contributed by atoms with van der Waals surface area (Å²) in [5.41, 5.74) is 4.38. The van der Waals surface area contributed by atoms with Crippen molar-refractivity contribution in [2.24, 2.45) is 0 Å². The van der Waals surface area contributed by atoms with Gasteiger partial charge >= 0.3 is 0 Å². The van der Waals surface area contributed by atoms with Gasteiger partial charge in [-0.3, -0.25) is 0 Å². The minimum absolute atomic E-state index is 0.120. The van der Waals surface area contributed by atoms with E-state index in [1.165, 1.54) is 10.4 Å². The van der Waals surface area contributed by atoms with E-state index < -0.39 is 0 Å². The minimum atomic E-state index is 0.120. The quantitative estimate of drug-likeness (QED) is 0.919. The van der Waals surface area contributed by atoms with E-state index in [2.05, 4.69) is 67.1 Å². The Hall–Kier alpha value is -1.46. The van der Waals surface area contributed by atoms with Crippen molar-refractivity contribution in [3.8, 4) is 0 Å². The summed E-state index contributed by atoms with van der Waals surface area (Å²) in [6, 6.07) is 4.21. The summed E-state index contributed by atoms with van der Waals surface area (Å²) in [4.78, 5) is 12.2. The lowest BCUT2D eigenvalue weighted by Crippen LogP contribution is -2.35. The van der Waals surface area contributed by atoms with Crippen molar-refractivity contribution in [1.29, 1.82) is 0 Å². The van der Waals surface area contributed by atoms with Gasteiger partial charge in [-0.25, -0.2) is 9.97 Å². The number of aryl methyl sites for hydroxylation is 1. The van der Waals surface area contributed by atoms with Gasteiger partial charge in [0.15, 0.2) is 0 Å². The monoisotopic (exact) mass is 304 g/mol. The molecule has 2 rings (SSSR count). The van der Waals surface area contributed by atoms with E-state index in [-0.39, 0.29) is 5.54 Å². The zero-order chi connectivity index (χ0) is 15.5. The highest BCUT2D eigenvalue weighted by Gasteiger charge is 2.11. The van der Waals surface area contributed by atoms with E-state index in [0.29, 0.717) is 0 Å². The van der Waals surface area contributed by atoms with Gasteiger partial charge in [-0.05, 0) is 45.4 Å². The Balaban J connectivity index is 2.04. The predicted molar refractivity (Wildman–Crippen MR) is 89.8 cm³/mol. The molecule has 5 heteroatoms. The van der Waals surface area contributed by atoms with Crippen LogP contribution in [0.4, 0.5) is 5.82 Å². The Morgan fingerprint density at radius 1 is 1.29 bits per heavy atom. The lowest BCUT2D eigenvalue weighted by Gasteiger charge is -2.22. The molecule has 2 aromatic rings. The fourth-order valence-electron chi connectivity index (χ4n) is 1.92. The molecule has 0 fully saturated rings. The topological polar surface area (TPSA) is 41.1 Å². The molecule has 0 saturated heterocycles. The number of hydrogen-bond donors (Lipinski definition) is 1. The van der Waals surface area contributed by atoms with Gasteiger partial charge in [-0.1, -0.05) is 0 Å². The average molecular weight is 304 g/mol. The van der Waals surface area contributed by atoms with Gasteiger partial charge in [0.2, 0.25) is 0 Å². The third kappa shape index (κ3) is 4.79. The van der Waals surface area contributed by atoms with Crippen LogP contribution in [0, 0.1) is 6.92 Å². The normalized spacial score (nSPS) is 11.7. The predicted octanol–water partition coefficient (Wildman–Crippen LogP) is 3.37. The van der Waals surface area contributed by atoms with Crippen LogP contribution in [0.1, 0.15) is 36.9 Å². The largest absolute Gasteiger partial charge is 0.354 e. The van der Waals surface area contributed by atoms with Crippen LogP contribution in [0.3, 0.4) is 0 Å². The maximum absolute atomic E-state index is 4.48. The molecule has 0 atom stereocenters. The Kier molecular flexibility index (Phi) is 4.96. The van der Waals surface area contributed by atoms with E-state index in [9.17, 15) is 0 Å². The molecule has 0 amide bonds. The summed E-state index contributed by atoms with van der Waals surface area (Å²) >= 11 is 1.70. The molecule has 2 aromatic heterocycles. The van der Waals surface area contributed by atoms with Gasteiger partial charge in [0.25, 0.3) is 0 Å². The molecule has 0 aliphatic carbocycles. The van der Waals surface area contributed by atoms with Crippen molar-refractivity contribution in [3.63, 3.8) is 0 Å². The van der Waals surface area contributed by atoms with E-state index >= 15 is 0 Å². The van der Waals surface area contributed by atoms with Gasteiger partial charge in [0, 0.05) is 30.2 Å². The second kappa shape index (κ2) is 6.54. The van der Waals surface area contributed by atoms with E-state index in [1.54, 1.807) is 11.3 Å². The molecular weight excluding hydrogens is 280 g/mol. The molecule has 0 radical (unpaired) electrons. The van der Waals surface area contributed by atoms with Gasteiger partial charge in [-0.15, -0.1) is 11.3 Å². The summed E-state index contributed by atoms with van der Waals surface area (Å²) in [6.07, 6.45) is 1.88. The molecule has 0 bridgehead atoms. The van der Waals surface area contributed by atoms with Crippen LogP contribution in [-0.4, -0.2) is 22.6 Å². The molecule has 0 aliphatic heterocycles. The van der Waals surface area contributed by atoms with E-state index in [4.69, 9.17) is 0 Å². The molecule has 0 aliphatic rings. The second-order valence-electron chi connectivity index (χ2n) is 6.34. The van der Waals surface area contributed by atoms with Gasteiger partial charge in [0.1, 0.15) is 5.82 Å². The van der Waals surface area contributed by atoms with E-state index in [1.807, 2.05) is 11.7 Å². The van der Waals surface area contributed by atoms with Gasteiger partial charge in [0.05, 0.1) is 17.7 Å². The van der Waals surface area contributed by atoms with Crippen molar-refractivity contribution >= 4 is 17.2 Å². The first-order chi connectivity index (χ1) is 9.85. The van der Waals surface area contributed by atoms with Gasteiger partial charge in [-0.2, -0.15) is 0 Å². The van der Waals surface area contributed by atoms with Crippen molar-refractivity contribution in [1.82, 2.24) is 15.3 Å². The lowest BCUT2D eigenvalue weighted by atomic mass is 10.1. The maximum Gasteiger partial charge on any atom is 0.128 e. The zero-order valence-electron chi connectivity index (χ0n) is 13.5. The van der Waals surface area contributed by atoms with Crippen LogP contribution < -0.4 is 10.2 Å². The maximum atomic E-state index is 4.48. The van der Waals surface area contributed by atoms with Crippen LogP contribution in [-0.2, 0) is 13.1 Å². The molecule has 0 unspecified atom stereocenters. The number of anilines is 1. The summed E-state index contributed by atoms with van der Waals surface area (Å²) in [5, 5.41) is 3.50. The lowest BCUT2D eigenvalue weighted by molar-refractivity contribution is 0.424. The third-order valence-electron chi connectivity index (χ3n) is 3.25. The molecule has 0 saturated carbocycles. The SMILES string of the molecule is Cc1ncsc1CN(C)c1cc(CNC(C)(C)C)ccn1. The first-order valence-electron chi connectivity index (χ1n) is 7.15. The molecule has 0 aromatic carbocycles. The molecule has 1 N–H and O–H groups in total. The van der Waals surface area contributed by atoms with Crippen molar-refractivity contribution in [2.75, 3.05) is 11.9 Å². The van der Waals surface area contributed by atoms with Crippen LogP contribution >= 0.6 is 11.3 Å². The highest BCUT2D eigenvalue weighted by Crippen LogP contribution is 2.19. The van der Waals surface area contributed by atoms with Crippen LogP contribution in [0.25, 0.3) is 0 Å². The highest BCUT2D eigenvalue weighted by atomic mass is 32.1. The third-order valence-corrected chi connectivity index (χ3v) is 4.17. The molecule has 0 spiro atoms. The number of aromatic nitrogens is 2. The fraction of sp³-hybridized carbons (Fsp3) is 0.500. The summed E-state index contributed by atoms with van der Waals surface area (Å²) in [7, 11) is 2.07. The standard InChI is InChI=1S/C16H24N4S/c1-12-14(21-11-18-12)10-20(5)15-8-13(6-7-17-15)9-19-16(2,3)4/h6-8,11,19H,9-10H2,1-5H3. The second-order valence-corrected chi connectivity index (χ2v) is 7.28. The number of pyridine rings is 1. The fourth-order valence-corrected chi connectivity index (χ4v) is 2.75. The van der Waals surface area contributed by atoms with Crippen LogP contribution in [0.5, 0.6) is 0 Å². The van der Waals surface area contributed by atoms with Crippen molar-refractivity contribution in [2.45, 2.75) is 46.3 Å². The zero-order valence-corrected chi connectivity index (χ0v) is 14.3. The first-order valence-corrected chi connectivity index (χ1v) is 8.03. The number of rotatable bonds is 5. The molecule has 21 heavy (non-hydrogen) atoms. The average Bonchev–Trinajstić information content (AvgIpc) is 2.81. The molecular formula is C16H24N4S. The Morgan fingerprint density at radius 2 is 2.05 bits per heavy atom. The summed E-state index contributed by atoms with van der Waals surface area (Å²) in [6.45, 7) is 10.3. The summed E-state index contributed by atoms with van der Waals surface area (Å²) in [5.74, 6) is 0.996. The Morgan fingerprint density at radius 3 is 2.67 bits per heavy atom. The Bertz CT molecular complexity index is 586. The highest BCUT2D eigenvalue weighted by molar-refractivity contribution is 7.09. The number of hydrogen-bond acceptors (Lipinski definition) is 5. The summed E-state index contributed by atoms with van der Waals surface area (Å²) < 4.78 is 0. The number of thiazole rings is 1. The van der Waals surface area contributed by atoms with Crippen LogP contribution in [0.15, 0.2) is 23.8 Å². The first kappa shape index (κ1) is 15.9. The Labute approximate surface area is 131 Å². The molecule has 4 nitrogen and oxygen atoms in total. The number of nitrogens with one attached hydrogen (secondary N) is 1.